The lowest BCUT2D eigenvalue weighted by molar-refractivity contribution is -0.139. The monoisotopic (exact) mass is 481 g/mol. The van der Waals surface area contributed by atoms with Crippen molar-refractivity contribution in [2.24, 2.45) is 10.9 Å². The number of carbonyl (C=O) groups excluding carboxylic acids is 1. The molecule has 4 rings (SSSR count). The number of hydrogen-bond acceptors (Lipinski definition) is 5. The highest BCUT2D eigenvalue weighted by Crippen LogP contribution is 2.41. The van der Waals surface area contributed by atoms with Gasteiger partial charge in [0.05, 0.1) is 16.8 Å². The van der Waals surface area contributed by atoms with E-state index in [1.54, 1.807) is 0 Å². The Morgan fingerprint density at radius 3 is 2.32 bits per heavy atom. The van der Waals surface area contributed by atoms with Gasteiger partial charge in [-0.15, -0.1) is 0 Å². The molecule has 1 saturated heterocycles. The summed E-state index contributed by atoms with van der Waals surface area (Å²) in [5.74, 6) is -7.48. The van der Waals surface area contributed by atoms with Gasteiger partial charge in [-0.2, -0.15) is 13.2 Å². The van der Waals surface area contributed by atoms with Crippen LogP contribution in [0.15, 0.2) is 35.3 Å². The van der Waals surface area contributed by atoms with Crippen LogP contribution in [-0.4, -0.2) is 47.7 Å². The largest absolute Gasteiger partial charge is 0.480 e. The maximum absolute atomic E-state index is 15.6. The number of rotatable bonds is 3. The van der Waals surface area contributed by atoms with Crippen LogP contribution in [0, 0.1) is 17.6 Å². The quantitative estimate of drug-likeness (QED) is 0.508. The van der Waals surface area contributed by atoms with Crippen molar-refractivity contribution in [2.45, 2.75) is 32.1 Å². The van der Waals surface area contributed by atoms with E-state index in [0.717, 1.165) is 12.1 Å². The molecule has 6 nitrogen and oxygen atoms in total. The second-order valence-electron chi connectivity index (χ2n) is 8.47. The lowest BCUT2D eigenvalue weighted by atomic mass is 9.84. The average Bonchev–Trinajstić information content (AvgIpc) is 2.72. The molecule has 0 radical (unpaired) electrons. The van der Waals surface area contributed by atoms with Crippen LogP contribution in [0.3, 0.4) is 0 Å². The number of carbonyl (C=O) groups is 2. The molecule has 2 aliphatic heterocycles. The zero-order valence-electron chi connectivity index (χ0n) is 18.1. The molecule has 0 amide bonds. The SMILES string of the molecule is CC1CN(c2c(F)cc3c(c2F)N=C(c2ccccc2C(F)(F)F)C(C(=O)O)C3=O)CC(C)N1. The number of ketones is 1. The molecule has 2 heterocycles. The summed E-state index contributed by atoms with van der Waals surface area (Å²) in [5, 5.41) is 12.8. The van der Waals surface area contributed by atoms with Crippen LogP contribution in [0.5, 0.6) is 0 Å². The first-order chi connectivity index (χ1) is 15.9. The molecule has 3 unspecified atom stereocenters. The molecule has 3 atom stereocenters. The molecular formula is C23H20F5N3O3. The van der Waals surface area contributed by atoms with E-state index in [0.29, 0.717) is 12.1 Å². The summed E-state index contributed by atoms with van der Waals surface area (Å²) < 4.78 is 71.5. The van der Waals surface area contributed by atoms with Crippen LogP contribution in [0.4, 0.5) is 33.3 Å². The Balaban J connectivity index is 1.95. The summed E-state index contributed by atoms with van der Waals surface area (Å²) >= 11 is 0. The van der Waals surface area contributed by atoms with Gasteiger partial charge in [-0.05, 0) is 26.0 Å². The molecule has 0 aromatic heterocycles. The van der Waals surface area contributed by atoms with Gasteiger partial charge in [0.15, 0.2) is 17.5 Å². The van der Waals surface area contributed by atoms with E-state index in [2.05, 4.69) is 10.3 Å². The molecular weight excluding hydrogens is 461 g/mol. The molecule has 2 N–H and O–H groups in total. The number of piperazine rings is 1. The minimum Gasteiger partial charge on any atom is -0.480 e. The highest BCUT2D eigenvalue weighted by Gasteiger charge is 2.44. The first-order valence-electron chi connectivity index (χ1n) is 10.4. The number of fused-ring (bicyclic) bond motifs is 1. The van der Waals surface area contributed by atoms with Gasteiger partial charge in [0.2, 0.25) is 0 Å². The molecule has 0 saturated carbocycles. The van der Waals surface area contributed by atoms with Crippen molar-refractivity contribution in [3.8, 4) is 0 Å². The van der Waals surface area contributed by atoms with Crippen molar-refractivity contribution in [2.75, 3.05) is 18.0 Å². The minimum absolute atomic E-state index is 0.116. The lowest BCUT2D eigenvalue weighted by Crippen LogP contribution is -2.54. The van der Waals surface area contributed by atoms with Crippen LogP contribution in [-0.2, 0) is 11.0 Å². The zero-order valence-corrected chi connectivity index (χ0v) is 18.1. The number of benzene rings is 2. The Hall–Kier alpha value is -3.34. The second kappa shape index (κ2) is 8.46. The fraction of sp³-hybridized carbons (Fsp3) is 0.348. The summed E-state index contributed by atoms with van der Waals surface area (Å²) in [5.41, 5.74) is -4.40. The Labute approximate surface area is 191 Å². The van der Waals surface area contributed by atoms with Crippen molar-refractivity contribution < 1.29 is 36.6 Å². The molecule has 34 heavy (non-hydrogen) atoms. The molecule has 11 heteroatoms. The van der Waals surface area contributed by atoms with E-state index in [-0.39, 0.29) is 25.2 Å². The number of aliphatic imine (C=N–C) groups is 1. The second-order valence-corrected chi connectivity index (χ2v) is 8.47. The van der Waals surface area contributed by atoms with E-state index < -0.39 is 69.3 Å². The van der Waals surface area contributed by atoms with E-state index in [4.69, 9.17) is 0 Å². The van der Waals surface area contributed by atoms with E-state index in [9.17, 15) is 27.9 Å². The van der Waals surface area contributed by atoms with Crippen molar-refractivity contribution in [3.63, 3.8) is 0 Å². The highest BCUT2D eigenvalue weighted by molar-refractivity contribution is 6.32. The number of alkyl halides is 3. The van der Waals surface area contributed by atoms with Crippen LogP contribution < -0.4 is 10.2 Å². The van der Waals surface area contributed by atoms with Gasteiger partial charge in [0.25, 0.3) is 0 Å². The number of nitrogens with zero attached hydrogens (tertiary/aromatic N) is 2. The maximum atomic E-state index is 15.6. The number of Topliss-reactive ketones (excluding diaryl/α,β-unsaturated/α-hetero) is 1. The normalized spacial score (nSPS) is 22.9. The zero-order chi connectivity index (χ0) is 24.9. The molecule has 180 valence electrons. The van der Waals surface area contributed by atoms with E-state index in [1.165, 1.54) is 11.0 Å². The standard InChI is InChI=1S/C23H20F5N3O3/c1-10-8-31(9-11(2)29-10)20-15(24)7-13-19(17(20)25)30-18(16(21(13)32)22(33)34)12-5-3-4-6-14(12)23(26,27)28/h3-7,10-11,16,29H,8-9H2,1-2H3,(H,33,34). The molecule has 0 aliphatic carbocycles. The fourth-order valence-corrected chi connectivity index (χ4v) is 4.56. The highest BCUT2D eigenvalue weighted by atomic mass is 19.4. The van der Waals surface area contributed by atoms with Crippen molar-refractivity contribution >= 4 is 28.8 Å². The van der Waals surface area contributed by atoms with Gasteiger partial charge in [-0.25, -0.2) is 13.8 Å². The van der Waals surface area contributed by atoms with Gasteiger partial charge in [0.1, 0.15) is 17.2 Å². The van der Waals surface area contributed by atoms with Gasteiger partial charge in [-0.1, -0.05) is 18.2 Å². The number of halogens is 5. The first-order valence-corrected chi connectivity index (χ1v) is 10.4. The first kappa shape index (κ1) is 23.8. The van der Waals surface area contributed by atoms with Crippen LogP contribution in [0.2, 0.25) is 0 Å². The number of carboxylic acid groups (broad SMARTS) is 1. The summed E-state index contributed by atoms with van der Waals surface area (Å²) in [7, 11) is 0. The van der Waals surface area contributed by atoms with Gasteiger partial charge < -0.3 is 15.3 Å². The molecule has 2 aliphatic rings. The molecule has 0 bridgehead atoms. The molecule has 0 spiro atoms. The smallest absolute Gasteiger partial charge is 0.417 e. The average molecular weight is 481 g/mol. The number of nitrogens with one attached hydrogen (secondary N) is 1. The van der Waals surface area contributed by atoms with Crippen LogP contribution >= 0.6 is 0 Å². The predicted molar refractivity (Wildman–Crippen MR) is 114 cm³/mol. The Bertz CT molecular complexity index is 1200. The summed E-state index contributed by atoms with van der Waals surface area (Å²) in [6.07, 6.45) is -4.88. The molecule has 2 aromatic rings. The van der Waals surface area contributed by atoms with Gasteiger partial charge in [-0.3, -0.25) is 9.59 Å². The van der Waals surface area contributed by atoms with E-state index in [1.807, 2.05) is 13.8 Å². The van der Waals surface area contributed by atoms with E-state index >= 15 is 8.78 Å². The van der Waals surface area contributed by atoms with Crippen molar-refractivity contribution in [1.82, 2.24) is 5.32 Å². The van der Waals surface area contributed by atoms with Crippen LogP contribution in [0.1, 0.15) is 35.3 Å². The molecule has 2 aromatic carbocycles. The topological polar surface area (TPSA) is 82.0 Å². The number of anilines is 1. The predicted octanol–water partition coefficient (Wildman–Crippen LogP) is 4.19. The van der Waals surface area contributed by atoms with Crippen LogP contribution in [0.25, 0.3) is 0 Å². The summed E-state index contributed by atoms with van der Waals surface area (Å²) in [6.45, 7) is 4.11. The third-order valence-electron chi connectivity index (χ3n) is 5.83. The fourth-order valence-electron chi connectivity index (χ4n) is 4.56. The number of aliphatic carboxylic acids is 1. The van der Waals surface area contributed by atoms with Crippen molar-refractivity contribution in [3.05, 3.63) is 58.7 Å². The summed E-state index contributed by atoms with van der Waals surface area (Å²) in [6, 6.07) is 4.48. The third-order valence-corrected chi connectivity index (χ3v) is 5.83. The number of carboxylic acids is 1. The number of hydrogen-bond donors (Lipinski definition) is 2. The third kappa shape index (κ3) is 4.04. The Morgan fingerprint density at radius 1 is 1.12 bits per heavy atom. The Kier molecular flexibility index (Phi) is 5.92. The molecule has 1 fully saturated rings. The Morgan fingerprint density at radius 2 is 1.74 bits per heavy atom. The minimum atomic E-state index is -4.88. The van der Waals surface area contributed by atoms with Gasteiger partial charge >= 0.3 is 12.1 Å². The summed E-state index contributed by atoms with van der Waals surface area (Å²) in [4.78, 5) is 30.2. The maximum Gasteiger partial charge on any atom is 0.417 e. The van der Waals surface area contributed by atoms with Crippen molar-refractivity contribution in [1.29, 1.82) is 0 Å². The van der Waals surface area contributed by atoms with Gasteiger partial charge in [0, 0.05) is 30.7 Å². The lowest BCUT2D eigenvalue weighted by Gasteiger charge is -2.38.